The number of amides is 1. The number of aliphatic hydroxyl groups is 1. The third-order valence-electron chi connectivity index (χ3n) is 2.36. The van der Waals surface area contributed by atoms with Gasteiger partial charge in [-0.15, -0.1) is 0 Å². The van der Waals surface area contributed by atoms with E-state index < -0.39 is 0 Å². The van der Waals surface area contributed by atoms with Crippen LogP contribution in [0.4, 0.5) is 0 Å². The molecule has 1 aromatic heterocycles. The van der Waals surface area contributed by atoms with Crippen molar-refractivity contribution < 1.29 is 9.90 Å². The van der Waals surface area contributed by atoms with Crippen LogP contribution < -0.4 is 5.32 Å². The second-order valence-corrected chi connectivity index (χ2v) is 3.43. The molecule has 0 aliphatic rings. The van der Waals surface area contributed by atoms with E-state index in [9.17, 15) is 4.79 Å². The van der Waals surface area contributed by atoms with Crippen molar-refractivity contribution in [1.29, 1.82) is 0 Å². The highest BCUT2D eigenvalue weighted by atomic mass is 16.3. The van der Waals surface area contributed by atoms with Gasteiger partial charge in [-0.1, -0.05) is 6.92 Å². The van der Waals surface area contributed by atoms with E-state index in [1.807, 2.05) is 6.92 Å². The second kappa shape index (κ2) is 5.50. The summed E-state index contributed by atoms with van der Waals surface area (Å²) < 4.78 is 1.53. The molecule has 1 amide bonds. The molecule has 1 heterocycles. The number of aromatic nitrogens is 2. The predicted molar refractivity (Wildman–Crippen MR) is 56.5 cm³/mol. The Hall–Kier alpha value is -1.36. The molecule has 0 radical (unpaired) electrons. The Labute approximate surface area is 89.1 Å². The van der Waals surface area contributed by atoms with Crippen molar-refractivity contribution in [1.82, 2.24) is 15.1 Å². The Balaban J connectivity index is 2.58. The quantitative estimate of drug-likeness (QED) is 0.736. The lowest BCUT2D eigenvalue weighted by Gasteiger charge is -2.15. The fourth-order valence-electron chi connectivity index (χ4n) is 1.39. The summed E-state index contributed by atoms with van der Waals surface area (Å²) in [4.78, 5) is 11.7. The number of carbonyl (C=O) groups is 1. The van der Waals surface area contributed by atoms with Gasteiger partial charge in [0.05, 0.1) is 0 Å². The van der Waals surface area contributed by atoms with Gasteiger partial charge >= 0.3 is 0 Å². The topological polar surface area (TPSA) is 67.2 Å². The van der Waals surface area contributed by atoms with E-state index in [1.165, 1.54) is 4.68 Å². The molecule has 84 valence electrons. The molecule has 2 N–H and O–H groups in total. The highest BCUT2D eigenvalue weighted by Crippen LogP contribution is 2.01. The summed E-state index contributed by atoms with van der Waals surface area (Å²) in [5, 5.41) is 15.6. The van der Waals surface area contributed by atoms with E-state index in [0.717, 1.165) is 6.42 Å². The Bertz CT molecular complexity index is 322. The van der Waals surface area contributed by atoms with Gasteiger partial charge in [-0.3, -0.25) is 9.48 Å². The molecular weight excluding hydrogens is 194 g/mol. The molecule has 1 rings (SSSR count). The Morgan fingerprint density at radius 2 is 2.47 bits per heavy atom. The number of rotatable bonds is 5. The van der Waals surface area contributed by atoms with Crippen molar-refractivity contribution in [3.63, 3.8) is 0 Å². The monoisotopic (exact) mass is 211 g/mol. The zero-order valence-electron chi connectivity index (χ0n) is 9.10. The smallest absolute Gasteiger partial charge is 0.269 e. The molecule has 15 heavy (non-hydrogen) atoms. The van der Waals surface area contributed by atoms with Crippen molar-refractivity contribution in [2.75, 3.05) is 6.61 Å². The lowest BCUT2D eigenvalue weighted by atomic mass is 10.1. The molecular formula is C10H17N3O2. The number of nitrogens with zero attached hydrogens (tertiary/aromatic N) is 2. The van der Waals surface area contributed by atoms with Gasteiger partial charge in [-0.05, 0) is 18.9 Å². The first-order valence-electron chi connectivity index (χ1n) is 5.08. The number of aliphatic hydroxyl groups excluding tert-OH is 1. The summed E-state index contributed by atoms with van der Waals surface area (Å²) in [6.45, 7) is 2.06. The highest BCUT2D eigenvalue weighted by Gasteiger charge is 2.13. The molecule has 5 heteroatoms. The molecule has 0 saturated heterocycles. The van der Waals surface area contributed by atoms with Gasteiger partial charge in [-0.25, -0.2) is 0 Å². The van der Waals surface area contributed by atoms with Crippen LogP contribution in [0, 0.1) is 0 Å². The summed E-state index contributed by atoms with van der Waals surface area (Å²) >= 11 is 0. The van der Waals surface area contributed by atoms with E-state index in [4.69, 9.17) is 5.11 Å². The van der Waals surface area contributed by atoms with Crippen molar-refractivity contribution in [3.8, 4) is 0 Å². The first-order chi connectivity index (χ1) is 7.19. The van der Waals surface area contributed by atoms with Crippen LogP contribution >= 0.6 is 0 Å². The van der Waals surface area contributed by atoms with Crippen LogP contribution in [0.25, 0.3) is 0 Å². The molecule has 0 bridgehead atoms. The molecule has 0 saturated carbocycles. The standard InChI is InChI=1S/C10H17N3O2/c1-3-8(5-7-14)12-10(15)9-4-6-11-13(9)2/h4,6,8,14H,3,5,7H2,1-2H3,(H,12,15). The fourth-order valence-corrected chi connectivity index (χ4v) is 1.39. The minimum atomic E-state index is -0.143. The molecule has 0 spiro atoms. The van der Waals surface area contributed by atoms with Gasteiger partial charge in [0.1, 0.15) is 5.69 Å². The third-order valence-corrected chi connectivity index (χ3v) is 2.36. The summed E-state index contributed by atoms with van der Waals surface area (Å²) in [5.41, 5.74) is 0.534. The Kier molecular flexibility index (Phi) is 4.30. The average Bonchev–Trinajstić information content (AvgIpc) is 2.63. The van der Waals surface area contributed by atoms with E-state index in [2.05, 4.69) is 10.4 Å². The SMILES string of the molecule is CCC(CCO)NC(=O)c1ccnn1C. The van der Waals surface area contributed by atoms with Crippen LogP contribution in [-0.4, -0.2) is 33.4 Å². The highest BCUT2D eigenvalue weighted by molar-refractivity contribution is 5.92. The summed E-state index contributed by atoms with van der Waals surface area (Å²) in [5.74, 6) is -0.143. The molecule has 1 aromatic rings. The molecule has 0 aliphatic carbocycles. The lowest BCUT2D eigenvalue weighted by molar-refractivity contribution is 0.0919. The normalized spacial score (nSPS) is 12.5. The largest absolute Gasteiger partial charge is 0.396 e. The molecule has 5 nitrogen and oxygen atoms in total. The average molecular weight is 211 g/mol. The maximum atomic E-state index is 11.7. The Morgan fingerprint density at radius 1 is 1.73 bits per heavy atom. The molecule has 0 aromatic carbocycles. The van der Waals surface area contributed by atoms with Crippen molar-refractivity contribution in [2.24, 2.45) is 7.05 Å². The summed E-state index contributed by atoms with van der Waals surface area (Å²) in [6.07, 6.45) is 2.98. The van der Waals surface area contributed by atoms with Gasteiger partial charge in [0.2, 0.25) is 0 Å². The second-order valence-electron chi connectivity index (χ2n) is 3.43. The number of hydrogen-bond donors (Lipinski definition) is 2. The van der Waals surface area contributed by atoms with Crippen LogP contribution in [0.3, 0.4) is 0 Å². The van der Waals surface area contributed by atoms with Gasteiger partial charge in [0.15, 0.2) is 0 Å². The minimum Gasteiger partial charge on any atom is -0.396 e. The lowest BCUT2D eigenvalue weighted by Crippen LogP contribution is -2.36. The zero-order valence-corrected chi connectivity index (χ0v) is 9.10. The summed E-state index contributed by atoms with van der Waals surface area (Å²) in [7, 11) is 1.72. The van der Waals surface area contributed by atoms with Crippen molar-refractivity contribution in [3.05, 3.63) is 18.0 Å². The van der Waals surface area contributed by atoms with Crippen LogP contribution in [-0.2, 0) is 7.05 Å². The summed E-state index contributed by atoms with van der Waals surface area (Å²) in [6, 6.07) is 1.69. The molecule has 1 atom stereocenters. The fraction of sp³-hybridized carbons (Fsp3) is 0.600. The number of hydrogen-bond acceptors (Lipinski definition) is 3. The van der Waals surface area contributed by atoms with Gasteiger partial charge in [-0.2, -0.15) is 5.10 Å². The van der Waals surface area contributed by atoms with Gasteiger partial charge in [0, 0.05) is 25.9 Å². The van der Waals surface area contributed by atoms with Crippen LogP contribution in [0.2, 0.25) is 0 Å². The van der Waals surface area contributed by atoms with E-state index in [1.54, 1.807) is 19.3 Å². The number of aryl methyl sites for hydroxylation is 1. The van der Waals surface area contributed by atoms with Crippen molar-refractivity contribution >= 4 is 5.91 Å². The first-order valence-corrected chi connectivity index (χ1v) is 5.08. The molecule has 1 unspecified atom stereocenters. The first kappa shape index (κ1) is 11.7. The number of carbonyl (C=O) groups excluding carboxylic acids is 1. The van der Waals surface area contributed by atoms with E-state index in [0.29, 0.717) is 12.1 Å². The Morgan fingerprint density at radius 3 is 2.93 bits per heavy atom. The minimum absolute atomic E-state index is 0.0254. The van der Waals surface area contributed by atoms with Gasteiger partial charge < -0.3 is 10.4 Å². The van der Waals surface area contributed by atoms with E-state index in [-0.39, 0.29) is 18.6 Å². The third kappa shape index (κ3) is 3.06. The van der Waals surface area contributed by atoms with Crippen LogP contribution in [0.15, 0.2) is 12.3 Å². The van der Waals surface area contributed by atoms with Crippen molar-refractivity contribution in [2.45, 2.75) is 25.8 Å². The maximum Gasteiger partial charge on any atom is 0.269 e. The maximum absolute atomic E-state index is 11.7. The molecule has 0 fully saturated rings. The predicted octanol–water partition coefficient (Wildman–Crippen LogP) is 0.311. The molecule has 0 aliphatic heterocycles. The van der Waals surface area contributed by atoms with Gasteiger partial charge in [0.25, 0.3) is 5.91 Å². The number of nitrogens with one attached hydrogen (secondary N) is 1. The van der Waals surface area contributed by atoms with Crippen LogP contribution in [0.5, 0.6) is 0 Å². The zero-order chi connectivity index (χ0) is 11.3. The van der Waals surface area contributed by atoms with Crippen LogP contribution in [0.1, 0.15) is 30.3 Å². The van der Waals surface area contributed by atoms with E-state index >= 15 is 0 Å².